The molecule has 2 amide bonds. The van der Waals surface area contributed by atoms with E-state index in [1.54, 1.807) is 0 Å². The van der Waals surface area contributed by atoms with Gasteiger partial charge in [0, 0.05) is 17.0 Å². The molecule has 1 N–H and O–H groups in total. The van der Waals surface area contributed by atoms with E-state index in [0.717, 1.165) is 11.4 Å². The van der Waals surface area contributed by atoms with Crippen molar-refractivity contribution in [1.82, 2.24) is 4.90 Å². The minimum absolute atomic E-state index is 0.0151. The third-order valence-corrected chi connectivity index (χ3v) is 4.50. The van der Waals surface area contributed by atoms with E-state index in [1.165, 1.54) is 0 Å². The van der Waals surface area contributed by atoms with Gasteiger partial charge >= 0.3 is 6.03 Å². The van der Waals surface area contributed by atoms with Gasteiger partial charge in [0.05, 0.1) is 5.37 Å². The van der Waals surface area contributed by atoms with Crippen LogP contribution in [-0.4, -0.2) is 27.6 Å². The Labute approximate surface area is 107 Å². The van der Waals surface area contributed by atoms with Gasteiger partial charge in [0.1, 0.15) is 0 Å². The van der Waals surface area contributed by atoms with Crippen molar-refractivity contribution in [3.8, 4) is 0 Å². The van der Waals surface area contributed by atoms with Gasteiger partial charge in [-0.2, -0.15) is 0 Å². The smallest absolute Gasteiger partial charge is 0.308 e. The van der Waals surface area contributed by atoms with Crippen LogP contribution < -0.4 is 5.32 Å². The number of urea groups is 1. The Bertz CT molecular complexity index is 405. The van der Waals surface area contributed by atoms with Gasteiger partial charge in [-0.05, 0) is 32.9 Å². The van der Waals surface area contributed by atoms with Crippen LogP contribution in [0, 0.1) is 0 Å². The third-order valence-electron chi connectivity index (χ3n) is 2.94. The molecule has 0 saturated carbocycles. The van der Waals surface area contributed by atoms with Crippen LogP contribution in [-0.2, 0) is 0 Å². The number of anilines is 1. The van der Waals surface area contributed by atoms with Crippen LogP contribution in [0.4, 0.5) is 10.5 Å². The molecule has 1 aliphatic heterocycles. The van der Waals surface area contributed by atoms with Crippen LogP contribution >= 0.6 is 11.8 Å². The Morgan fingerprint density at radius 1 is 1.41 bits per heavy atom. The first-order chi connectivity index (χ1) is 8.00. The maximum Gasteiger partial charge on any atom is 0.323 e. The minimum atomic E-state index is -0.0804. The second kappa shape index (κ2) is 4.61. The normalized spacial score (nSPS) is 22.5. The van der Waals surface area contributed by atoms with Crippen molar-refractivity contribution in [2.75, 3.05) is 11.1 Å². The number of amides is 2. The fourth-order valence-corrected chi connectivity index (χ4v) is 3.42. The predicted octanol–water partition coefficient (Wildman–Crippen LogP) is 3.39. The van der Waals surface area contributed by atoms with E-state index in [0.29, 0.717) is 0 Å². The molecule has 1 heterocycles. The zero-order chi connectivity index (χ0) is 12.5. The molecule has 0 bridgehead atoms. The number of nitrogens with zero attached hydrogens (tertiary/aromatic N) is 1. The Hall–Kier alpha value is -1.16. The molecule has 1 aromatic rings. The van der Waals surface area contributed by atoms with Gasteiger partial charge in [-0.15, -0.1) is 11.8 Å². The summed E-state index contributed by atoms with van der Waals surface area (Å²) in [6, 6.07) is 9.57. The van der Waals surface area contributed by atoms with Gasteiger partial charge in [0.15, 0.2) is 0 Å². The highest BCUT2D eigenvalue weighted by Crippen LogP contribution is 2.36. The van der Waals surface area contributed by atoms with Crippen LogP contribution in [0.5, 0.6) is 0 Å². The van der Waals surface area contributed by atoms with Gasteiger partial charge in [-0.25, -0.2) is 4.79 Å². The lowest BCUT2D eigenvalue weighted by atomic mass is 10.1. The molecule has 1 aromatic carbocycles. The lowest BCUT2D eigenvalue weighted by Gasteiger charge is -2.33. The van der Waals surface area contributed by atoms with Gasteiger partial charge in [0.2, 0.25) is 0 Å². The molecule has 1 aliphatic rings. The number of benzene rings is 1. The first-order valence-electron chi connectivity index (χ1n) is 5.78. The van der Waals surface area contributed by atoms with Crippen LogP contribution in [0.15, 0.2) is 30.3 Å². The summed E-state index contributed by atoms with van der Waals surface area (Å²) < 4.78 is 0. The Kier molecular flexibility index (Phi) is 3.33. The molecular weight excluding hydrogens is 232 g/mol. The third kappa shape index (κ3) is 2.57. The predicted molar refractivity (Wildman–Crippen MR) is 73.3 cm³/mol. The number of hydrogen-bond acceptors (Lipinski definition) is 2. The molecule has 0 aromatic heterocycles. The fourth-order valence-electron chi connectivity index (χ4n) is 2.11. The average Bonchev–Trinajstić information content (AvgIpc) is 2.54. The van der Waals surface area contributed by atoms with E-state index in [1.807, 2.05) is 47.0 Å². The number of carbonyl (C=O) groups excluding carboxylic acids is 1. The molecule has 2 rings (SSSR count). The highest BCUT2D eigenvalue weighted by Gasteiger charge is 2.40. The number of thioether (sulfide) groups is 1. The molecule has 0 radical (unpaired) electrons. The molecule has 0 spiro atoms. The van der Waals surface area contributed by atoms with Gasteiger partial charge in [0.25, 0.3) is 0 Å². The minimum Gasteiger partial charge on any atom is -0.308 e. The summed E-state index contributed by atoms with van der Waals surface area (Å²) >= 11 is 1.82. The Balaban J connectivity index is 2.10. The summed E-state index contributed by atoms with van der Waals surface area (Å²) in [4.78, 5) is 14.2. The zero-order valence-electron chi connectivity index (χ0n) is 10.4. The summed E-state index contributed by atoms with van der Waals surface area (Å²) in [6.07, 6.45) is 0. The van der Waals surface area contributed by atoms with E-state index in [-0.39, 0.29) is 16.9 Å². The molecule has 17 heavy (non-hydrogen) atoms. The summed E-state index contributed by atoms with van der Waals surface area (Å²) in [5.41, 5.74) is 0.764. The maximum absolute atomic E-state index is 12.2. The van der Waals surface area contributed by atoms with E-state index in [2.05, 4.69) is 26.1 Å². The molecule has 1 fully saturated rings. The first kappa shape index (κ1) is 12.3. The van der Waals surface area contributed by atoms with Gasteiger partial charge in [-0.3, -0.25) is 0 Å². The van der Waals surface area contributed by atoms with Crippen LogP contribution in [0.2, 0.25) is 0 Å². The second-order valence-electron chi connectivity index (χ2n) is 4.89. The van der Waals surface area contributed by atoms with Gasteiger partial charge in [-0.1, -0.05) is 18.2 Å². The quantitative estimate of drug-likeness (QED) is 0.828. The zero-order valence-corrected chi connectivity index (χ0v) is 11.3. The number of para-hydroxylation sites is 1. The lowest BCUT2D eigenvalue weighted by Crippen LogP contribution is -2.49. The number of nitrogens with one attached hydrogen (secondary N) is 1. The van der Waals surface area contributed by atoms with Crippen molar-refractivity contribution in [2.45, 2.75) is 31.7 Å². The SMILES string of the molecule is CC1SCC(C)(C)N1C(=O)Nc1ccccc1. The first-order valence-corrected chi connectivity index (χ1v) is 6.82. The average molecular weight is 250 g/mol. The highest BCUT2D eigenvalue weighted by atomic mass is 32.2. The summed E-state index contributed by atoms with van der Waals surface area (Å²) in [5, 5.41) is 3.17. The van der Waals surface area contributed by atoms with Crippen molar-refractivity contribution in [1.29, 1.82) is 0 Å². The number of rotatable bonds is 1. The molecular formula is C13H18N2OS. The van der Waals surface area contributed by atoms with E-state index in [9.17, 15) is 4.79 Å². The molecule has 0 aliphatic carbocycles. The Morgan fingerprint density at radius 3 is 2.59 bits per heavy atom. The maximum atomic E-state index is 12.2. The molecule has 3 nitrogen and oxygen atoms in total. The second-order valence-corrected chi connectivity index (χ2v) is 6.19. The molecule has 4 heteroatoms. The van der Waals surface area contributed by atoms with Crippen molar-refractivity contribution >= 4 is 23.5 Å². The van der Waals surface area contributed by atoms with Crippen molar-refractivity contribution in [3.63, 3.8) is 0 Å². The number of hydrogen-bond donors (Lipinski definition) is 1. The molecule has 1 saturated heterocycles. The Morgan fingerprint density at radius 2 is 2.06 bits per heavy atom. The van der Waals surface area contributed by atoms with Crippen molar-refractivity contribution in [2.24, 2.45) is 0 Å². The van der Waals surface area contributed by atoms with E-state index < -0.39 is 0 Å². The standard InChI is InChI=1S/C13H18N2OS/c1-10-15(13(2,3)9-17-10)12(16)14-11-7-5-4-6-8-11/h4-8,10H,9H2,1-3H3,(H,14,16). The van der Waals surface area contributed by atoms with Gasteiger partial charge < -0.3 is 10.2 Å². The summed E-state index contributed by atoms with van der Waals surface area (Å²) in [5.74, 6) is 0.983. The largest absolute Gasteiger partial charge is 0.323 e. The lowest BCUT2D eigenvalue weighted by molar-refractivity contribution is 0.165. The molecule has 1 unspecified atom stereocenters. The van der Waals surface area contributed by atoms with E-state index >= 15 is 0 Å². The monoisotopic (exact) mass is 250 g/mol. The highest BCUT2D eigenvalue weighted by molar-refractivity contribution is 8.00. The van der Waals surface area contributed by atoms with Crippen LogP contribution in [0.3, 0.4) is 0 Å². The van der Waals surface area contributed by atoms with E-state index in [4.69, 9.17) is 0 Å². The van der Waals surface area contributed by atoms with Crippen molar-refractivity contribution in [3.05, 3.63) is 30.3 Å². The number of carbonyl (C=O) groups is 1. The van der Waals surface area contributed by atoms with Crippen LogP contribution in [0.1, 0.15) is 20.8 Å². The topological polar surface area (TPSA) is 32.3 Å². The molecule has 1 atom stereocenters. The fraction of sp³-hybridized carbons (Fsp3) is 0.462. The van der Waals surface area contributed by atoms with Crippen LogP contribution in [0.25, 0.3) is 0 Å². The molecule has 92 valence electrons. The van der Waals surface area contributed by atoms with Crippen molar-refractivity contribution < 1.29 is 4.79 Å². The summed E-state index contributed by atoms with van der Waals surface area (Å²) in [6.45, 7) is 6.28. The summed E-state index contributed by atoms with van der Waals surface area (Å²) in [7, 11) is 0.